The lowest BCUT2D eigenvalue weighted by Crippen LogP contribution is -2.39. The third-order valence-corrected chi connectivity index (χ3v) is 3.56. The van der Waals surface area contributed by atoms with Gasteiger partial charge in [-0.15, -0.1) is 0 Å². The van der Waals surface area contributed by atoms with Gasteiger partial charge in [0, 0.05) is 10.6 Å². The highest BCUT2D eigenvalue weighted by Crippen LogP contribution is 2.27. The van der Waals surface area contributed by atoms with Crippen LogP contribution in [0.1, 0.15) is 5.56 Å². The van der Waals surface area contributed by atoms with E-state index in [9.17, 15) is 9.18 Å². The number of rotatable bonds is 4. The molecule has 0 fully saturated rings. The Bertz CT molecular complexity index is 707. The van der Waals surface area contributed by atoms with E-state index >= 15 is 0 Å². The van der Waals surface area contributed by atoms with Crippen molar-refractivity contribution in [2.45, 2.75) is 12.7 Å². The zero-order chi connectivity index (χ0) is 15.5. The van der Waals surface area contributed by atoms with E-state index in [1.165, 1.54) is 16.1 Å². The molecule has 1 heterocycles. The van der Waals surface area contributed by atoms with Crippen molar-refractivity contribution in [2.75, 3.05) is 5.01 Å². The molecule has 0 radical (unpaired) electrons. The molecule has 1 aliphatic rings. The van der Waals surface area contributed by atoms with Gasteiger partial charge in [-0.1, -0.05) is 35.0 Å². The van der Waals surface area contributed by atoms with Crippen LogP contribution in [0.3, 0.4) is 0 Å². The van der Waals surface area contributed by atoms with E-state index in [2.05, 4.69) is 10.4 Å². The molecule has 0 saturated carbocycles. The summed E-state index contributed by atoms with van der Waals surface area (Å²) in [5.74, 6) is -0.340. The van der Waals surface area contributed by atoms with Gasteiger partial charge in [0.05, 0.1) is 12.2 Å². The van der Waals surface area contributed by atoms with Gasteiger partial charge >= 0.3 is 0 Å². The highest BCUT2D eigenvalue weighted by atomic mass is 35.5. The van der Waals surface area contributed by atoms with Crippen LogP contribution in [0.4, 0.5) is 10.1 Å². The van der Waals surface area contributed by atoms with Gasteiger partial charge in [0.15, 0.2) is 12.5 Å². The molecular formula is C15H12ClFN4O. The Labute approximate surface area is 131 Å². The van der Waals surface area contributed by atoms with Crippen molar-refractivity contribution in [3.63, 3.8) is 0 Å². The molecule has 1 atom stereocenters. The minimum Gasteiger partial charge on any atom is -0.299 e. The Morgan fingerprint density at radius 1 is 1.14 bits per heavy atom. The summed E-state index contributed by atoms with van der Waals surface area (Å²) in [6, 6.07) is 13.3. The lowest BCUT2D eigenvalue weighted by Gasteiger charge is -2.23. The SMILES string of the molecule is O=CC1N(Cc2ccccc2F)N=NN1c1ccc(Cl)cc1. The van der Waals surface area contributed by atoms with Crippen molar-refractivity contribution in [1.29, 1.82) is 0 Å². The molecule has 0 aliphatic carbocycles. The molecule has 1 aliphatic heterocycles. The molecule has 0 amide bonds. The number of anilines is 1. The van der Waals surface area contributed by atoms with Crippen LogP contribution >= 0.6 is 11.6 Å². The zero-order valence-electron chi connectivity index (χ0n) is 11.4. The first-order chi connectivity index (χ1) is 10.7. The number of nitrogens with zero attached hydrogens (tertiary/aromatic N) is 4. The van der Waals surface area contributed by atoms with E-state index in [1.54, 1.807) is 42.5 Å². The number of carbonyl (C=O) groups excluding carboxylic acids is 1. The average Bonchev–Trinajstić information content (AvgIpc) is 2.93. The van der Waals surface area contributed by atoms with Crippen LogP contribution in [0, 0.1) is 5.82 Å². The fraction of sp³-hybridized carbons (Fsp3) is 0.133. The second-order valence-electron chi connectivity index (χ2n) is 4.74. The van der Waals surface area contributed by atoms with Gasteiger partial charge in [-0.05, 0) is 35.6 Å². The molecule has 5 nitrogen and oxygen atoms in total. The average molecular weight is 319 g/mol. The third-order valence-electron chi connectivity index (χ3n) is 3.31. The molecule has 7 heteroatoms. The van der Waals surface area contributed by atoms with Gasteiger partial charge in [0.1, 0.15) is 5.82 Å². The first kappa shape index (κ1) is 14.5. The highest BCUT2D eigenvalue weighted by molar-refractivity contribution is 6.30. The Morgan fingerprint density at radius 3 is 2.55 bits per heavy atom. The van der Waals surface area contributed by atoms with Crippen LogP contribution in [0.25, 0.3) is 0 Å². The van der Waals surface area contributed by atoms with Gasteiger partial charge in [-0.3, -0.25) is 4.79 Å². The standard InChI is InChI=1S/C15H12ClFN4O/c16-12-5-7-13(8-6-12)21-15(10-22)20(18-19-21)9-11-3-1-2-4-14(11)17/h1-8,10,15H,9H2. The third kappa shape index (κ3) is 2.78. The maximum Gasteiger partial charge on any atom is 0.198 e. The summed E-state index contributed by atoms with van der Waals surface area (Å²) in [5.41, 5.74) is 1.13. The van der Waals surface area contributed by atoms with Crippen LogP contribution in [0.2, 0.25) is 5.02 Å². The first-order valence-electron chi connectivity index (χ1n) is 6.61. The normalized spacial score (nSPS) is 17.1. The molecule has 0 N–H and O–H groups in total. The number of aldehydes is 1. The van der Waals surface area contributed by atoms with Crippen molar-refractivity contribution in [2.24, 2.45) is 10.4 Å². The van der Waals surface area contributed by atoms with E-state index in [0.29, 0.717) is 16.3 Å². The van der Waals surface area contributed by atoms with Crippen molar-refractivity contribution in [3.05, 3.63) is 64.9 Å². The molecule has 22 heavy (non-hydrogen) atoms. The molecule has 2 aromatic carbocycles. The topological polar surface area (TPSA) is 48.3 Å². The lowest BCUT2D eigenvalue weighted by atomic mass is 10.2. The molecule has 1 unspecified atom stereocenters. The predicted octanol–water partition coefficient (Wildman–Crippen LogP) is 3.61. The molecule has 112 valence electrons. The van der Waals surface area contributed by atoms with E-state index < -0.39 is 6.17 Å². The Morgan fingerprint density at radius 2 is 1.86 bits per heavy atom. The minimum absolute atomic E-state index is 0.156. The van der Waals surface area contributed by atoms with Gasteiger partial charge < -0.3 is 0 Å². The smallest absolute Gasteiger partial charge is 0.198 e. The Hall–Kier alpha value is -2.47. The molecular weight excluding hydrogens is 307 g/mol. The zero-order valence-corrected chi connectivity index (χ0v) is 12.2. The van der Waals surface area contributed by atoms with Crippen LogP contribution in [-0.4, -0.2) is 17.5 Å². The van der Waals surface area contributed by atoms with Crippen LogP contribution in [0.15, 0.2) is 59.0 Å². The van der Waals surface area contributed by atoms with Crippen LogP contribution < -0.4 is 5.01 Å². The summed E-state index contributed by atoms with van der Waals surface area (Å²) in [7, 11) is 0. The predicted molar refractivity (Wildman–Crippen MR) is 80.6 cm³/mol. The second-order valence-corrected chi connectivity index (χ2v) is 5.17. The van der Waals surface area contributed by atoms with Crippen molar-refractivity contribution in [1.82, 2.24) is 5.01 Å². The molecule has 0 spiro atoms. The molecule has 2 aromatic rings. The maximum absolute atomic E-state index is 13.7. The number of carbonyl (C=O) groups is 1. The quantitative estimate of drug-likeness (QED) is 0.809. The monoisotopic (exact) mass is 318 g/mol. The summed E-state index contributed by atoms with van der Waals surface area (Å²) in [4.78, 5) is 11.4. The van der Waals surface area contributed by atoms with E-state index in [-0.39, 0.29) is 12.4 Å². The number of benzene rings is 2. The van der Waals surface area contributed by atoms with Crippen molar-refractivity contribution < 1.29 is 9.18 Å². The summed E-state index contributed by atoms with van der Waals surface area (Å²) in [5, 5.41) is 11.4. The number of halogens is 2. The molecule has 0 saturated heterocycles. The maximum atomic E-state index is 13.7. The van der Waals surface area contributed by atoms with Gasteiger partial charge in [0.25, 0.3) is 0 Å². The molecule has 3 rings (SSSR count). The minimum atomic E-state index is -0.721. The number of hydrogen-bond acceptors (Lipinski definition) is 5. The summed E-state index contributed by atoms with van der Waals surface area (Å²) < 4.78 is 13.7. The highest BCUT2D eigenvalue weighted by Gasteiger charge is 2.31. The fourth-order valence-electron chi connectivity index (χ4n) is 2.18. The summed E-state index contributed by atoms with van der Waals surface area (Å²) >= 11 is 5.85. The van der Waals surface area contributed by atoms with Gasteiger partial charge in [0.2, 0.25) is 0 Å². The van der Waals surface area contributed by atoms with E-state index in [1.807, 2.05) is 0 Å². The molecule has 0 bridgehead atoms. The van der Waals surface area contributed by atoms with Crippen molar-refractivity contribution in [3.8, 4) is 0 Å². The number of hydrogen-bond donors (Lipinski definition) is 0. The van der Waals surface area contributed by atoms with Crippen LogP contribution in [0.5, 0.6) is 0 Å². The van der Waals surface area contributed by atoms with E-state index in [0.717, 1.165) is 6.29 Å². The van der Waals surface area contributed by atoms with Crippen molar-refractivity contribution >= 4 is 23.6 Å². The van der Waals surface area contributed by atoms with Crippen LogP contribution in [-0.2, 0) is 11.3 Å². The Balaban J connectivity index is 1.81. The van der Waals surface area contributed by atoms with Gasteiger partial charge in [-0.25, -0.2) is 14.4 Å². The fourth-order valence-corrected chi connectivity index (χ4v) is 2.30. The Kier molecular flexibility index (Phi) is 4.02. The van der Waals surface area contributed by atoms with E-state index in [4.69, 9.17) is 11.6 Å². The van der Waals surface area contributed by atoms with Gasteiger partial charge in [-0.2, -0.15) is 0 Å². The second kappa shape index (κ2) is 6.11. The summed E-state index contributed by atoms with van der Waals surface area (Å²) in [6.45, 7) is 0.156. The lowest BCUT2D eigenvalue weighted by molar-refractivity contribution is -0.111. The first-order valence-corrected chi connectivity index (χ1v) is 6.98. The largest absolute Gasteiger partial charge is 0.299 e. The molecule has 0 aromatic heterocycles. The summed E-state index contributed by atoms with van der Waals surface area (Å²) in [6.07, 6.45) is -0.00379.